The van der Waals surface area contributed by atoms with Gasteiger partial charge in [-0.25, -0.2) is 8.78 Å². The Bertz CT molecular complexity index is 485. The molecule has 1 saturated heterocycles. The van der Waals surface area contributed by atoms with Crippen molar-refractivity contribution in [1.29, 1.82) is 0 Å². The van der Waals surface area contributed by atoms with E-state index in [0.29, 0.717) is 5.92 Å². The maximum Gasteiger partial charge on any atom is 0.220 e. The molecule has 0 saturated carbocycles. The van der Waals surface area contributed by atoms with Crippen molar-refractivity contribution in [2.45, 2.75) is 32.2 Å². The average Bonchev–Trinajstić information content (AvgIpc) is 2.43. The fraction of sp³-hybridized carbons (Fsp3) is 0.533. The standard InChI is InChI=1S/C15H20F2N2O.ClH/c1-10-9-18-8-7-13(10)19-14(20)6-5-11-3-2-4-12(16)15(11)17;/h2-4,10,13,18H,5-9H2,1H3,(H,19,20);1H. The van der Waals surface area contributed by atoms with E-state index in [0.717, 1.165) is 25.6 Å². The number of piperidine rings is 1. The number of carbonyl (C=O) groups excluding carboxylic acids is 1. The zero-order chi connectivity index (χ0) is 14.5. The zero-order valence-electron chi connectivity index (χ0n) is 12.0. The quantitative estimate of drug-likeness (QED) is 0.895. The van der Waals surface area contributed by atoms with Crippen LogP contribution in [0, 0.1) is 17.6 Å². The first kappa shape index (κ1) is 17.9. The van der Waals surface area contributed by atoms with E-state index in [9.17, 15) is 13.6 Å². The maximum atomic E-state index is 13.5. The predicted molar refractivity (Wildman–Crippen MR) is 80.5 cm³/mol. The Morgan fingerprint density at radius 3 is 2.90 bits per heavy atom. The highest BCUT2D eigenvalue weighted by molar-refractivity contribution is 5.85. The van der Waals surface area contributed by atoms with Crippen LogP contribution >= 0.6 is 12.4 Å². The van der Waals surface area contributed by atoms with Crippen LogP contribution in [-0.2, 0) is 11.2 Å². The van der Waals surface area contributed by atoms with Crippen molar-refractivity contribution in [3.05, 3.63) is 35.4 Å². The Hall–Kier alpha value is -1.20. The Labute approximate surface area is 129 Å². The number of halogens is 3. The largest absolute Gasteiger partial charge is 0.353 e. The molecular weight excluding hydrogens is 298 g/mol. The van der Waals surface area contributed by atoms with Crippen LogP contribution < -0.4 is 10.6 Å². The predicted octanol–water partition coefficient (Wildman–Crippen LogP) is 2.43. The number of carbonyl (C=O) groups is 1. The van der Waals surface area contributed by atoms with Crippen LogP contribution in [-0.4, -0.2) is 25.0 Å². The smallest absolute Gasteiger partial charge is 0.220 e. The molecule has 1 aliphatic heterocycles. The molecule has 0 aliphatic carbocycles. The monoisotopic (exact) mass is 318 g/mol. The van der Waals surface area contributed by atoms with E-state index in [-0.39, 0.29) is 42.8 Å². The molecule has 0 aromatic heterocycles. The third-order valence-electron chi connectivity index (χ3n) is 3.78. The molecular formula is C15H21ClF2N2O. The Morgan fingerprint density at radius 2 is 2.19 bits per heavy atom. The molecule has 2 unspecified atom stereocenters. The lowest BCUT2D eigenvalue weighted by atomic mass is 9.95. The molecule has 6 heteroatoms. The normalized spacial score (nSPS) is 21.5. The lowest BCUT2D eigenvalue weighted by molar-refractivity contribution is -0.122. The number of hydrogen-bond acceptors (Lipinski definition) is 2. The summed E-state index contributed by atoms with van der Waals surface area (Å²) in [6, 6.07) is 4.22. The summed E-state index contributed by atoms with van der Waals surface area (Å²) < 4.78 is 26.5. The molecule has 21 heavy (non-hydrogen) atoms. The van der Waals surface area contributed by atoms with Gasteiger partial charge >= 0.3 is 0 Å². The second-order valence-corrected chi connectivity index (χ2v) is 5.36. The van der Waals surface area contributed by atoms with E-state index in [4.69, 9.17) is 0 Å². The minimum atomic E-state index is -0.866. The highest BCUT2D eigenvalue weighted by Crippen LogP contribution is 2.14. The number of hydrogen-bond donors (Lipinski definition) is 2. The van der Waals surface area contributed by atoms with Crippen LogP contribution in [0.5, 0.6) is 0 Å². The summed E-state index contributed by atoms with van der Waals surface area (Å²) in [5, 5.41) is 6.24. The highest BCUT2D eigenvalue weighted by atomic mass is 35.5. The second kappa shape index (κ2) is 8.29. The van der Waals surface area contributed by atoms with E-state index in [1.54, 1.807) is 0 Å². The van der Waals surface area contributed by atoms with Crippen LogP contribution in [0.1, 0.15) is 25.3 Å². The first-order valence-corrected chi connectivity index (χ1v) is 7.01. The third-order valence-corrected chi connectivity index (χ3v) is 3.78. The van der Waals surface area contributed by atoms with Gasteiger partial charge < -0.3 is 10.6 Å². The summed E-state index contributed by atoms with van der Waals surface area (Å²) in [7, 11) is 0. The molecule has 2 rings (SSSR count). The van der Waals surface area contributed by atoms with E-state index in [1.165, 1.54) is 12.1 Å². The molecule has 0 spiro atoms. The molecule has 1 fully saturated rings. The van der Waals surface area contributed by atoms with Crippen LogP contribution in [0.15, 0.2) is 18.2 Å². The first-order valence-electron chi connectivity index (χ1n) is 7.01. The van der Waals surface area contributed by atoms with Gasteiger partial charge in [-0.2, -0.15) is 0 Å². The Morgan fingerprint density at radius 1 is 1.43 bits per heavy atom. The number of rotatable bonds is 4. The zero-order valence-corrected chi connectivity index (χ0v) is 12.8. The van der Waals surface area contributed by atoms with Crippen molar-refractivity contribution < 1.29 is 13.6 Å². The van der Waals surface area contributed by atoms with E-state index < -0.39 is 11.6 Å². The fourth-order valence-electron chi connectivity index (χ4n) is 2.50. The average molecular weight is 319 g/mol. The van der Waals surface area contributed by atoms with Gasteiger partial charge in [0.1, 0.15) is 0 Å². The van der Waals surface area contributed by atoms with Crippen molar-refractivity contribution in [2.75, 3.05) is 13.1 Å². The second-order valence-electron chi connectivity index (χ2n) is 5.36. The molecule has 2 atom stereocenters. The topological polar surface area (TPSA) is 41.1 Å². The van der Waals surface area contributed by atoms with Crippen molar-refractivity contribution in [3.63, 3.8) is 0 Å². The highest BCUT2D eigenvalue weighted by Gasteiger charge is 2.22. The molecule has 1 amide bonds. The Balaban J connectivity index is 0.00000220. The lowest BCUT2D eigenvalue weighted by Crippen LogP contribution is -2.48. The van der Waals surface area contributed by atoms with E-state index in [1.807, 2.05) is 0 Å². The van der Waals surface area contributed by atoms with Gasteiger partial charge in [0.2, 0.25) is 5.91 Å². The van der Waals surface area contributed by atoms with Gasteiger partial charge in [0, 0.05) is 12.5 Å². The summed E-state index contributed by atoms with van der Waals surface area (Å²) >= 11 is 0. The molecule has 0 bridgehead atoms. The minimum absolute atomic E-state index is 0. The summed E-state index contributed by atoms with van der Waals surface area (Å²) in [6.45, 7) is 3.88. The van der Waals surface area contributed by atoms with Crippen LogP contribution in [0.25, 0.3) is 0 Å². The van der Waals surface area contributed by atoms with Gasteiger partial charge in [0.25, 0.3) is 0 Å². The van der Waals surface area contributed by atoms with Gasteiger partial charge in [-0.1, -0.05) is 19.1 Å². The molecule has 3 nitrogen and oxygen atoms in total. The number of aryl methyl sites for hydroxylation is 1. The molecule has 1 aromatic rings. The lowest BCUT2D eigenvalue weighted by Gasteiger charge is -2.30. The van der Waals surface area contributed by atoms with Gasteiger partial charge in [-0.15, -0.1) is 12.4 Å². The van der Waals surface area contributed by atoms with Crippen LogP contribution in [0.2, 0.25) is 0 Å². The maximum absolute atomic E-state index is 13.5. The summed E-state index contributed by atoms with van der Waals surface area (Å²) in [4.78, 5) is 11.9. The van der Waals surface area contributed by atoms with Crippen molar-refractivity contribution in [1.82, 2.24) is 10.6 Å². The Kier molecular flexibility index (Phi) is 7.05. The number of amides is 1. The summed E-state index contributed by atoms with van der Waals surface area (Å²) in [6.07, 6.45) is 1.30. The fourth-order valence-corrected chi connectivity index (χ4v) is 2.50. The third kappa shape index (κ3) is 4.93. The van der Waals surface area contributed by atoms with Gasteiger partial charge in [-0.05, 0) is 43.5 Å². The molecule has 0 radical (unpaired) electrons. The minimum Gasteiger partial charge on any atom is -0.353 e. The van der Waals surface area contributed by atoms with Gasteiger partial charge in [0.05, 0.1) is 0 Å². The molecule has 1 aromatic carbocycles. The molecule has 1 heterocycles. The number of nitrogens with one attached hydrogen (secondary N) is 2. The first-order chi connectivity index (χ1) is 9.58. The molecule has 2 N–H and O–H groups in total. The van der Waals surface area contributed by atoms with Gasteiger partial charge in [-0.3, -0.25) is 4.79 Å². The van der Waals surface area contributed by atoms with Crippen molar-refractivity contribution in [2.24, 2.45) is 5.92 Å². The van der Waals surface area contributed by atoms with E-state index >= 15 is 0 Å². The molecule has 118 valence electrons. The summed E-state index contributed by atoms with van der Waals surface area (Å²) in [5.41, 5.74) is 0.249. The van der Waals surface area contributed by atoms with Crippen molar-refractivity contribution in [3.8, 4) is 0 Å². The molecule has 1 aliphatic rings. The number of benzene rings is 1. The SMILES string of the molecule is CC1CNCCC1NC(=O)CCc1cccc(F)c1F.Cl. The van der Waals surface area contributed by atoms with E-state index in [2.05, 4.69) is 17.6 Å². The van der Waals surface area contributed by atoms with Crippen molar-refractivity contribution >= 4 is 18.3 Å². The van der Waals surface area contributed by atoms with Crippen LogP contribution in [0.3, 0.4) is 0 Å². The summed E-state index contributed by atoms with van der Waals surface area (Å²) in [5.74, 6) is -1.43. The van der Waals surface area contributed by atoms with Crippen LogP contribution in [0.4, 0.5) is 8.78 Å². The van der Waals surface area contributed by atoms with Gasteiger partial charge in [0.15, 0.2) is 11.6 Å².